The lowest BCUT2D eigenvalue weighted by molar-refractivity contribution is -0.147. The Kier molecular flexibility index (Phi) is 4.84. The summed E-state index contributed by atoms with van der Waals surface area (Å²) in [5.41, 5.74) is 1.85. The molecular weight excluding hydrogens is 332 g/mol. The molecule has 0 N–H and O–H groups in total. The fourth-order valence-electron chi connectivity index (χ4n) is 4.29. The Balaban J connectivity index is 1.50. The van der Waals surface area contributed by atoms with Crippen LogP contribution in [0.3, 0.4) is 0 Å². The monoisotopic (exact) mass is 360 g/mol. The molecule has 2 fully saturated rings. The minimum Gasteiger partial charge on any atom is -0.381 e. The predicted octanol–water partition coefficient (Wildman–Crippen LogP) is 1.36. The number of aromatic nitrogens is 2. The number of hydrogen-bond donors (Lipinski definition) is 0. The number of anilines is 1. The molecule has 1 aromatic heterocycles. The van der Waals surface area contributed by atoms with E-state index in [9.17, 15) is 4.79 Å². The number of carbonyl (C=O) groups excluding carboxylic acids is 1. The van der Waals surface area contributed by atoms with Crippen LogP contribution in [-0.2, 0) is 26.3 Å². The van der Waals surface area contributed by atoms with Crippen molar-refractivity contribution in [3.8, 4) is 0 Å². The minimum absolute atomic E-state index is 0.125. The molecule has 3 aliphatic rings. The van der Waals surface area contributed by atoms with Crippen molar-refractivity contribution in [2.45, 2.75) is 37.7 Å². The first-order valence-electron chi connectivity index (χ1n) is 9.63. The summed E-state index contributed by atoms with van der Waals surface area (Å²) in [7, 11) is 3.90. The van der Waals surface area contributed by atoms with Crippen LogP contribution >= 0.6 is 0 Å². The van der Waals surface area contributed by atoms with E-state index in [-0.39, 0.29) is 17.4 Å². The summed E-state index contributed by atoms with van der Waals surface area (Å²) in [5, 5.41) is 0. The highest BCUT2D eigenvalue weighted by Crippen LogP contribution is 2.41. The van der Waals surface area contributed by atoms with Crippen molar-refractivity contribution in [1.29, 1.82) is 0 Å². The van der Waals surface area contributed by atoms with Crippen LogP contribution in [0.1, 0.15) is 36.9 Å². The average molecular weight is 360 g/mol. The molecule has 1 spiro atoms. The number of likely N-dealkylation sites (tertiary alicyclic amines) is 1. The molecule has 1 aromatic rings. The third kappa shape index (κ3) is 3.18. The molecule has 142 valence electrons. The van der Waals surface area contributed by atoms with Crippen LogP contribution in [-0.4, -0.2) is 67.8 Å². The molecule has 7 nitrogen and oxygen atoms in total. The maximum atomic E-state index is 12.8. The quantitative estimate of drug-likeness (QED) is 0.793. The maximum Gasteiger partial charge on any atom is 0.225 e. The van der Waals surface area contributed by atoms with Crippen LogP contribution in [0.15, 0.2) is 6.20 Å². The van der Waals surface area contributed by atoms with E-state index in [0.29, 0.717) is 25.8 Å². The van der Waals surface area contributed by atoms with Gasteiger partial charge in [0, 0.05) is 52.5 Å². The molecule has 0 aliphatic carbocycles. The molecule has 3 aliphatic heterocycles. The standard InChI is InChI=1S/C19H28N4O3/c1-22(2)18-20-13-15-5-12-26-19(16(15)21-18)6-8-23(9-7-19)17(24)14-3-10-25-11-4-14/h13-14H,3-12H2,1-2H3. The Bertz CT molecular complexity index is 665. The van der Waals surface area contributed by atoms with Gasteiger partial charge in [-0.05, 0) is 37.7 Å². The van der Waals surface area contributed by atoms with Crippen molar-refractivity contribution in [3.63, 3.8) is 0 Å². The van der Waals surface area contributed by atoms with Crippen LogP contribution in [0, 0.1) is 5.92 Å². The lowest BCUT2D eigenvalue weighted by Crippen LogP contribution is -2.50. The highest BCUT2D eigenvalue weighted by molar-refractivity contribution is 5.79. The number of nitrogens with zero attached hydrogens (tertiary/aromatic N) is 4. The van der Waals surface area contributed by atoms with Crippen LogP contribution in [0.2, 0.25) is 0 Å². The first-order chi connectivity index (χ1) is 12.6. The maximum absolute atomic E-state index is 12.8. The van der Waals surface area contributed by atoms with Crippen LogP contribution < -0.4 is 4.90 Å². The van der Waals surface area contributed by atoms with Gasteiger partial charge in [-0.25, -0.2) is 9.97 Å². The van der Waals surface area contributed by atoms with Gasteiger partial charge >= 0.3 is 0 Å². The van der Waals surface area contributed by atoms with Gasteiger partial charge in [-0.2, -0.15) is 0 Å². The number of carbonyl (C=O) groups is 1. The van der Waals surface area contributed by atoms with E-state index in [0.717, 1.165) is 50.9 Å². The first kappa shape index (κ1) is 17.7. The molecule has 2 saturated heterocycles. The summed E-state index contributed by atoms with van der Waals surface area (Å²) in [6.45, 7) is 3.57. The van der Waals surface area contributed by atoms with Crippen molar-refractivity contribution in [3.05, 3.63) is 17.5 Å². The average Bonchev–Trinajstić information content (AvgIpc) is 2.69. The van der Waals surface area contributed by atoms with Crippen molar-refractivity contribution >= 4 is 11.9 Å². The Hall–Kier alpha value is -1.73. The minimum atomic E-state index is -0.367. The van der Waals surface area contributed by atoms with Crippen molar-refractivity contribution < 1.29 is 14.3 Å². The zero-order valence-electron chi connectivity index (χ0n) is 15.7. The normalized spacial score (nSPS) is 22.9. The van der Waals surface area contributed by atoms with E-state index in [2.05, 4.69) is 4.98 Å². The van der Waals surface area contributed by atoms with Gasteiger partial charge in [-0.1, -0.05) is 0 Å². The number of piperidine rings is 1. The Labute approximate surface area is 154 Å². The molecule has 0 aromatic carbocycles. The Morgan fingerprint density at radius 2 is 1.96 bits per heavy atom. The smallest absolute Gasteiger partial charge is 0.225 e. The van der Waals surface area contributed by atoms with E-state index in [1.165, 1.54) is 5.56 Å². The second-order valence-corrected chi connectivity index (χ2v) is 7.74. The van der Waals surface area contributed by atoms with Crippen molar-refractivity contribution in [2.24, 2.45) is 5.92 Å². The van der Waals surface area contributed by atoms with E-state index in [4.69, 9.17) is 14.5 Å². The molecular formula is C19H28N4O3. The van der Waals surface area contributed by atoms with Gasteiger partial charge in [0.15, 0.2) is 0 Å². The number of rotatable bonds is 2. The first-order valence-corrected chi connectivity index (χ1v) is 9.63. The molecule has 0 atom stereocenters. The molecule has 4 heterocycles. The van der Waals surface area contributed by atoms with Gasteiger partial charge in [0.2, 0.25) is 11.9 Å². The lowest BCUT2D eigenvalue weighted by Gasteiger charge is -2.44. The van der Waals surface area contributed by atoms with E-state index in [1.807, 2.05) is 30.1 Å². The van der Waals surface area contributed by atoms with Gasteiger partial charge in [0.1, 0.15) is 5.60 Å². The van der Waals surface area contributed by atoms with Gasteiger partial charge in [0.05, 0.1) is 12.3 Å². The van der Waals surface area contributed by atoms with E-state index in [1.54, 1.807) is 0 Å². The zero-order valence-corrected chi connectivity index (χ0v) is 15.7. The highest BCUT2D eigenvalue weighted by Gasteiger charge is 2.44. The fourth-order valence-corrected chi connectivity index (χ4v) is 4.29. The van der Waals surface area contributed by atoms with E-state index >= 15 is 0 Å². The van der Waals surface area contributed by atoms with Crippen LogP contribution in [0.4, 0.5) is 5.95 Å². The molecule has 1 amide bonds. The number of ether oxygens (including phenoxy) is 2. The van der Waals surface area contributed by atoms with Gasteiger partial charge in [-0.3, -0.25) is 4.79 Å². The van der Waals surface area contributed by atoms with E-state index < -0.39 is 0 Å². The summed E-state index contributed by atoms with van der Waals surface area (Å²) < 4.78 is 11.7. The zero-order chi connectivity index (χ0) is 18.1. The summed E-state index contributed by atoms with van der Waals surface area (Å²) in [6.07, 6.45) is 6.10. The van der Waals surface area contributed by atoms with Crippen LogP contribution in [0.25, 0.3) is 0 Å². The fraction of sp³-hybridized carbons (Fsp3) is 0.737. The summed E-state index contributed by atoms with van der Waals surface area (Å²) in [4.78, 5) is 26.0. The Morgan fingerprint density at radius 3 is 2.65 bits per heavy atom. The van der Waals surface area contributed by atoms with Crippen LogP contribution in [0.5, 0.6) is 0 Å². The third-order valence-electron chi connectivity index (χ3n) is 5.89. The third-order valence-corrected chi connectivity index (χ3v) is 5.89. The predicted molar refractivity (Wildman–Crippen MR) is 97.1 cm³/mol. The van der Waals surface area contributed by atoms with Crippen molar-refractivity contribution in [2.75, 3.05) is 51.9 Å². The second-order valence-electron chi connectivity index (χ2n) is 7.74. The highest BCUT2D eigenvalue weighted by atomic mass is 16.5. The summed E-state index contributed by atoms with van der Waals surface area (Å²) >= 11 is 0. The molecule has 0 radical (unpaired) electrons. The Morgan fingerprint density at radius 1 is 1.23 bits per heavy atom. The summed E-state index contributed by atoms with van der Waals surface area (Å²) in [6, 6.07) is 0. The lowest BCUT2D eigenvalue weighted by atomic mass is 9.82. The molecule has 26 heavy (non-hydrogen) atoms. The molecule has 0 bridgehead atoms. The molecule has 0 unspecified atom stereocenters. The number of amides is 1. The largest absolute Gasteiger partial charge is 0.381 e. The van der Waals surface area contributed by atoms with Gasteiger partial charge in [0.25, 0.3) is 0 Å². The SMILES string of the molecule is CN(C)c1ncc2c(n1)C1(CCN(C(=O)C3CCOCC3)CC1)OCC2. The number of fused-ring (bicyclic) bond motifs is 2. The topological polar surface area (TPSA) is 67.8 Å². The number of hydrogen-bond acceptors (Lipinski definition) is 6. The second kappa shape index (κ2) is 7.12. The van der Waals surface area contributed by atoms with Gasteiger partial charge in [-0.15, -0.1) is 0 Å². The molecule has 4 rings (SSSR count). The summed E-state index contributed by atoms with van der Waals surface area (Å²) in [5.74, 6) is 1.13. The van der Waals surface area contributed by atoms with Crippen molar-refractivity contribution in [1.82, 2.24) is 14.9 Å². The molecule has 0 saturated carbocycles. The molecule has 7 heteroatoms. The van der Waals surface area contributed by atoms with Gasteiger partial charge < -0.3 is 19.3 Å².